The summed E-state index contributed by atoms with van der Waals surface area (Å²) < 4.78 is 29.4. The quantitative estimate of drug-likeness (QED) is 0.715. The van der Waals surface area contributed by atoms with Crippen LogP contribution in [0.1, 0.15) is 5.56 Å². The fourth-order valence-electron chi connectivity index (χ4n) is 3.61. The molecular formula is C20H21ClN2O3S2. The Morgan fingerprint density at radius 2 is 2.00 bits per heavy atom. The minimum absolute atomic E-state index is 0.122. The number of anilines is 1. The van der Waals surface area contributed by atoms with Crippen molar-refractivity contribution in [2.75, 3.05) is 29.3 Å². The van der Waals surface area contributed by atoms with Crippen LogP contribution in [0, 0.1) is 0 Å². The Labute approximate surface area is 174 Å². The van der Waals surface area contributed by atoms with E-state index in [0.29, 0.717) is 5.02 Å². The SMILES string of the molecule is COc1ccc(CCSC2=N[C@H]3CS(=O)(=O)C[C@H]3N2c2cccc(Cl)c2)cc1. The number of amidine groups is 1. The lowest BCUT2D eigenvalue weighted by atomic mass is 10.1. The molecule has 5 nitrogen and oxygen atoms in total. The Bertz CT molecular complexity index is 993. The maximum Gasteiger partial charge on any atom is 0.164 e. The maximum atomic E-state index is 12.1. The van der Waals surface area contributed by atoms with E-state index in [-0.39, 0.29) is 23.6 Å². The number of aryl methyl sites for hydroxylation is 1. The largest absolute Gasteiger partial charge is 0.497 e. The first kappa shape index (κ1) is 19.6. The molecule has 2 aromatic rings. The highest BCUT2D eigenvalue weighted by Gasteiger charge is 2.47. The van der Waals surface area contributed by atoms with E-state index in [9.17, 15) is 8.42 Å². The van der Waals surface area contributed by atoms with E-state index >= 15 is 0 Å². The third kappa shape index (κ3) is 4.16. The molecule has 0 radical (unpaired) electrons. The van der Waals surface area contributed by atoms with E-state index in [1.54, 1.807) is 18.9 Å². The van der Waals surface area contributed by atoms with E-state index in [2.05, 4.69) is 17.0 Å². The molecule has 0 aliphatic carbocycles. The molecule has 2 atom stereocenters. The molecule has 2 aliphatic heterocycles. The second-order valence-electron chi connectivity index (χ2n) is 6.92. The van der Waals surface area contributed by atoms with Crippen molar-refractivity contribution in [2.24, 2.45) is 4.99 Å². The average Bonchev–Trinajstić information content (AvgIpc) is 3.13. The van der Waals surface area contributed by atoms with Crippen LogP contribution in [0.3, 0.4) is 0 Å². The monoisotopic (exact) mass is 436 g/mol. The number of nitrogens with zero attached hydrogens (tertiary/aromatic N) is 2. The summed E-state index contributed by atoms with van der Waals surface area (Å²) in [6.07, 6.45) is 0.894. The van der Waals surface area contributed by atoms with Crippen molar-refractivity contribution in [2.45, 2.75) is 18.5 Å². The first-order valence-electron chi connectivity index (χ1n) is 9.04. The van der Waals surface area contributed by atoms with Gasteiger partial charge in [-0.05, 0) is 42.3 Å². The number of hydrogen-bond acceptors (Lipinski definition) is 6. The highest BCUT2D eigenvalue weighted by Crippen LogP contribution is 2.36. The van der Waals surface area contributed by atoms with Gasteiger partial charge < -0.3 is 9.64 Å². The number of halogens is 1. The molecule has 0 amide bonds. The molecule has 2 heterocycles. The Balaban J connectivity index is 1.50. The van der Waals surface area contributed by atoms with Gasteiger partial charge in [0.25, 0.3) is 0 Å². The molecule has 0 unspecified atom stereocenters. The summed E-state index contributed by atoms with van der Waals surface area (Å²) in [5, 5.41) is 1.50. The molecular weight excluding hydrogens is 416 g/mol. The highest BCUT2D eigenvalue weighted by molar-refractivity contribution is 8.14. The minimum atomic E-state index is -3.05. The summed E-state index contributed by atoms with van der Waals surface area (Å²) in [4.78, 5) is 6.81. The molecule has 0 aromatic heterocycles. The Morgan fingerprint density at radius 1 is 1.21 bits per heavy atom. The van der Waals surface area contributed by atoms with Crippen LogP contribution < -0.4 is 9.64 Å². The molecule has 8 heteroatoms. The smallest absolute Gasteiger partial charge is 0.164 e. The predicted octanol–water partition coefficient (Wildman–Crippen LogP) is 3.67. The van der Waals surface area contributed by atoms with Crippen LogP contribution in [0.4, 0.5) is 5.69 Å². The molecule has 148 valence electrons. The Kier molecular flexibility index (Phi) is 5.58. The molecule has 0 bridgehead atoms. The number of sulfone groups is 1. The van der Waals surface area contributed by atoms with Crippen LogP contribution in [0.5, 0.6) is 5.75 Å². The van der Waals surface area contributed by atoms with Crippen molar-refractivity contribution in [1.29, 1.82) is 0 Å². The fraction of sp³-hybridized carbons (Fsp3) is 0.350. The third-order valence-corrected chi connectivity index (χ3v) is 7.88. The zero-order chi connectivity index (χ0) is 19.7. The van der Waals surface area contributed by atoms with Crippen molar-refractivity contribution in [3.63, 3.8) is 0 Å². The summed E-state index contributed by atoms with van der Waals surface area (Å²) in [6, 6.07) is 15.2. The molecule has 28 heavy (non-hydrogen) atoms. The van der Waals surface area contributed by atoms with E-state index in [0.717, 1.165) is 28.8 Å². The number of rotatable bonds is 5. The van der Waals surface area contributed by atoms with Crippen LogP contribution in [-0.4, -0.2) is 50.0 Å². The van der Waals surface area contributed by atoms with Gasteiger partial charge in [0.15, 0.2) is 15.0 Å². The van der Waals surface area contributed by atoms with Gasteiger partial charge in [0.1, 0.15) is 5.75 Å². The van der Waals surface area contributed by atoms with Crippen LogP contribution in [0.2, 0.25) is 5.02 Å². The second kappa shape index (κ2) is 7.97. The van der Waals surface area contributed by atoms with E-state index < -0.39 is 9.84 Å². The van der Waals surface area contributed by atoms with Gasteiger partial charge in [0.2, 0.25) is 0 Å². The summed E-state index contributed by atoms with van der Waals surface area (Å²) in [5.41, 5.74) is 2.12. The zero-order valence-corrected chi connectivity index (χ0v) is 17.8. The first-order chi connectivity index (χ1) is 13.4. The lowest BCUT2D eigenvalue weighted by Crippen LogP contribution is -2.39. The third-order valence-electron chi connectivity index (χ3n) is 4.97. The summed E-state index contributed by atoms with van der Waals surface area (Å²) in [7, 11) is -1.40. The van der Waals surface area contributed by atoms with Gasteiger partial charge in [0, 0.05) is 16.5 Å². The van der Waals surface area contributed by atoms with Gasteiger partial charge in [0.05, 0.1) is 30.7 Å². The lowest BCUT2D eigenvalue weighted by Gasteiger charge is -2.26. The molecule has 4 rings (SSSR count). The zero-order valence-electron chi connectivity index (χ0n) is 15.4. The van der Waals surface area contributed by atoms with Crippen LogP contribution in [0.25, 0.3) is 0 Å². The lowest BCUT2D eigenvalue weighted by molar-refractivity contribution is 0.414. The van der Waals surface area contributed by atoms with Crippen molar-refractivity contribution in [3.05, 3.63) is 59.1 Å². The maximum absolute atomic E-state index is 12.1. The topological polar surface area (TPSA) is 59.0 Å². The van der Waals surface area contributed by atoms with E-state index in [1.807, 2.05) is 36.4 Å². The second-order valence-corrected chi connectivity index (χ2v) is 10.6. The molecule has 1 saturated heterocycles. The van der Waals surface area contributed by atoms with Crippen LogP contribution >= 0.6 is 23.4 Å². The van der Waals surface area contributed by atoms with E-state index in [4.69, 9.17) is 21.3 Å². The van der Waals surface area contributed by atoms with Crippen molar-refractivity contribution >= 4 is 44.1 Å². The number of thioether (sulfide) groups is 1. The van der Waals surface area contributed by atoms with Gasteiger partial charge in [-0.15, -0.1) is 0 Å². The van der Waals surface area contributed by atoms with Crippen molar-refractivity contribution in [3.8, 4) is 5.75 Å². The summed E-state index contributed by atoms with van der Waals surface area (Å²) in [6.45, 7) is 0. The fourth-order valence-corrected chi connectivity index (χ4v) is 6.75. The van der Waals surface area contributed by atoms with Crippen molar-refractivity contribution < 1.29 is 13.2 Å². The molecule has 1 fully saturated rings. The van der Waals surface area contributed by atoms with Gasteiger partial charge in [-0.2, -0.15) is 0 Å². The highest BCUT2D eigenvalue weighted by atomic mass is 35.5. The van der Waals surface area contributed by atoms with Gasteiger partial charge >= 0.3 is 0 Å². The number of fused-ring (bicyclic) bond motifs is 1. The normalized spacial score (nSPS) is 22.8. The molecule has 0 saturated carbocycles. The van der Waals surface area contributed by atoms with Crippen LogP contribution in [0.15, 0.2) is 53.5 Å². The number of ether oxygens (including phenoxy) is 1. The number of aliphatic imine (C=N–C) groups is 1. The average molecular weight is 437 g/mol. The Hall–Kier alpha value is -1.70. The number of hydrogen-bond donors (Lipinski definition) is 0. The standard InChI is InChI=1S/C20H21ClN2O3S2/c1-26-17-7-5-14(6-8-17)9-10-27-20-22-18-12-28(24,25)13-19(18)23(20)16-4-2-3-15(21)11-16/h2-8,11,18-19H,9-10,12-13H2,1H3/t18-,19+/m0/s1. The minimum Gasteiger partial charge on any atom is -0.497 e. The predicted molar refractivity (Wildman–Crippen MR) is 117 cm³/mol. The molecule has 0 spiro atoms. The first-order valence-corrected chi connectivity index (χ1v) is 12.2. The van der Waals surface area contributed by atoms with Gasteiger partial charge in [-0.1, -0.05) is 41.6 Å². The Morgan fingerprint density at radius 3 is 2.71 bits per heavy atom. The van der Waals surface area contributed by atoms with Crippen molar-refractivity contribution in [1.82, 2.24) is 0 Å². The molecule has 0 N–H and O–H groups in total. The summed E-state index contributed by atoms with van der Waals surface area (Å²) in [5.74, 6) is 1.96. The number of methoxy groups -OCH3 is 1. The molecule has 2 aromatic carbocycles. The summed E-state index contributed by atoms with van der Waals surface area (Å²) >= 11 is 7.84. The number of benzene rings is 2. The van der Waals surface area contributed by atoms with Crippen LogP contribution in [-0.2, 0) is 16.3 Å². The van der Waals surface area contributed by atoms with Gasteiger partial charge in [-0.25, -0.2) is 8.42 Å². The van der Waals surface area contributed by atoms with Gasteiger partial charge in [-0.3, -0.25) is 4.99 Å². The molecule has 2 aliphatic rings. The van der Waals surface area contributed by atoms with E-state index in [1.165, 1.54) is 5.56 Å².